The average Bonchev–Trinajstić information content (AvgIpc) is 3.12. The highest BCUT2D eigenvalue weighted by Crippen LogP contribution is 2.44. The van der Waals surface area contributed by atoms with Gasteiger partial charge in [0.1, 0.15) is 12.6 Å². The smallest absolute Gasteiger partial charge is 0.407 e. The van der Waals surface area contributed by atoms with Gasteiger partial charge in [-0.1, -0.05) is 48.5 Å². The van der Waals surface area contributed by atoms with Gasteiger partial charge >= 0.3 is 12.1 Å². The highest BCUT2D eigenvalue weighted by molar-refractivity contribution is 7.84. The molecule has 9 heteroatoms. The van der Waals surface area contributed by atoms with Crippen LogP contribution >= 0.6 is 0 Å². The number of carbonyl (C=O) groups is 3. The van der Waals surface area contributed by atoms with Crippen LogP contribution in [-0.4, -0.2) is 58.0 Å². The van der Waals surface area contributed by atoms with Crippen LogP contribution in [0.4, 0.5) is 4.79 Å². The van der Waals surface area contributed by atoms with Gasteiger partial charge in [-0.05, 0) is 35.6 Å². The maximum absolute atomic E-state index is 12.5. The molecule has 0 fully saturated rings. The van der Waals surface area contributed by atoms with Crippen molar-refractivity contribution in [2.24, 2.45) is 0 Å². The van der Waals surface area contributed by atoms with Crippen molar-refractivity contribution in [2.75, 3.05) is 19.4 Å². The van der Waals surface area contributed by atoms with E-state index in [1.54, 1.807) is 6.92 Å². The fourth-order valence-corrected chi connectivity index (χ4v) is 4.12. The van der Waals surface area contributed by atoms with E-state index in [-0.39, 0.29) is 37.2 Å². The Morgan fingerprint density at radius 3 is 2.18 bits per heavy atom. The van der Waals surface area contributed by atoms with Crippen molar-refractivity contribution in [3.05, 3.63) is 59.7 Å². The van der Waals surface area contributed by atoms with Gasteiger partial charge in [0.2, 0.25) is 5.91 Å². The molecule has 176 valence electrons. The Morgan fingerprint density at radius 2 is 1.64 bits per heavy atom. The largest absolute Gasteiger partial charge is 0.481 e. The molecule has 8 nitrogen and oxygen atoms in total. The van der Waals surface area contributed by atoms with Gasteiger partial charge in [0.05, 0.1) is 0 Å². The molecule has 0 aliphatic heterocycles. The van der Waals surface area contributed by atoms with E-state index in [1.807, 2.05) is 48.5 Å². The Bertz CT molecular complexity index is 1010. The van der Waals surface area contributed by atoms with Crippen molar-refractivity contribution in [2.45, 2.75) is 37.0 Å². The van der Waals surface area contributed by atoms with E-state index in [4.69, 9.17) is 9.84 Å². The summed E-state index contributed by atoms with van der Waals surface area (Å²) < 4.78 is 17.0. The molecule has 2 aromatic carbocycles. The lowest BCUT2D eigenvalue weighted by molar-refractivity contribution is -0.137. The van der Waals surface area contributed by atoms with Gasteiger partial charge in [-0.15, -0.1) is 0 Å². The molecule has 0 spiro atoms. The van der Waals surface area contributed by atoms with Gasteiger partial charge in [-0.25, -0.2) is 4.79 Å². The van der Waals surface area contributed by atoms with E-state index in [0.717, 1.165) is 22.3 Å². The number of hydrogen-bond donors (Lipinski definition) is 3. The summed E-state index contributed by atoms with van der Waals surface area (Å²) in [5, 5.41) is 13.8. The monoisotopic (exact) mass is 472 g/mol. The standard InChI is InChI=1S/C24H28N2O6S/c1-15(33(2)31)13-25-23(29)21(11-12-22(27)28)26-24(30)32-14-20-18-9-5-3-7-16(18)17-8-4-6-10-19(17)20/h3-10,15,20-21H,11-14H2,1-2H3,(H,25,29)(H,26,30)(H,27,28). The van der Waals surface area contributed by atoms with Gasteiger partial charge in [-0.3, -0.25) is 13.8 Å². The van der Waals surface area contributed by atoms with Crippen LogP contribution < -0.4 is 10.6 Å². The van der Waals surface area contributed by atoms with Crippen molar-refractivity contribution in [3.8, 4) is 11.1 Å². The number of carboxylic acids is 1. The number of amides is 2. The number of fused-ring (bicyclic) bond motifs is 3. The summed E-state index contributed by atoms with van der Waals surface area (Å²) in [7, 11) is -1.12. The maximum atomic E-state index is 12.5. The normalized spacial score (nSPS) is 15.0. The predicted molar refractivity (Wildman–Crippen MR) is 125 cm³/mol. The average molecular weight is 473 g/mol. The van der Waals surface area contributed by atoms with Crippen molar-refractivity contribution in [1.29, 1.82) is 0 Å². The zero-order valence-electron chi connectivity index (χ0n) is 18.6. The minimum Gasteiger partial charge on any atom is -0.481 e. The van der Waals surface area contributed by atoms with Crippen molar-refractivity contribution in [1.82, 2.24) is 10.6 Å². The van der Waals surface area contributed by atoms with Crippen LogP contribution in [0.3, 0.4) is 0 Å². The first-order valence-electron chi connectivity index (χ1n) is 10.7. The molecule has 3 rings (SSSR count). The first-order valence-corrected chi connectivity index (χ1v) is 12.3. The first kappa shape index (κ1) is 24.4. The predicted octanol–water partition coefficient (Wildman–Crippen LogP) is 2.64. The minimum atomic E-state index is -1.12. The Hall–Kier alpha value is -3.20. The molecular formula is C24H28N2O6S. The second-order valence-electron chi connectivity index (χ2n) is 8.01. The number of alkyl carbamates (subject to hydrolysis) is 1. The highest BCUT2D eigenvalue weighted by Gasteiger charge is 2.30. The molecule has 0 heterocycles. The topological polar surface area (TPSA) is 122 Å². The lowest BCUT2D eigenvalue weighted by Crippen LogP contribution is -2.48. The molecule has 3 N–H and O–H groups in total. The fourth-order valence-electron chi connectivity index (χ4n) is 3.80. The zero-order chi connectivity index (χ0) is 24.0. The molecule has 0 bridgehead atoms. The molecule has 2 aromatic rings. The third kappa shape index (κ3) is 6.19. The van der Waals surface area contributed by atoms with E-state index in [2.05, 4.69) is 10.6 Å². The number of aliphatic carboxylic acids is 1. The Morgan fingerprint density at radius 1 is 1.06 bits per heavy atom. The molecule has 3 unspecified atom stereocenters. The van der Waals surface area contributed by atoms with E-state index in [9.17, 15) is 18.6 Å². The third-order valence-electron chi connectivity index (χ3n) is 5.73. The quantitative estimate of drug-likeness (QED) is 0.489. The van der Waals surface area contributed by atoms with Gasteiger partial charge < -0.3 is 20.5 Å². The van der Waals surface area contributed by atoms with Crippen LogP contribution in [-0.2, 0) is 25.1 Å². The summed E-state index contributed by atoms with van der Waals surface area (Å²) >= 11 is 0. The summed E-state index contributed by atoms with van der Waals surface area (Å²) in [6.45, 7) is 1.96. The number of carboxylic acid groups (broad SMARTS) is 1. The van der Waals surface area contributed by atoms with E-state index in [1.165, 1.54) is 6.26 Å². The SMILES string of the molecule is CC(CNC(=O)C(CCC(=O)O)NC(=O)OCC1c2ccccc2-c2ccccc21)S(C)=O. The van der Waals surface area contributed by atoms with Gasteiger partial charge in [0.25, 0.3) is 0 Å². The Balaban J connectivity index is 1.63. The molecule has 0 aromatic heterocycles. The second-order valence-corrected chi connectivity index (χ2v) is 9.81. The fraction of sp³-hybridized carbons (Fsp3) is 0.375. The maximum Gasteiger partial charge on any atom is 0.407 e. The molecule has 1 aliphatic rings. The van der Waals surface area contributed by atoms with E-state index < -0.39 is 34.8 Å². The molecule has 0 saturated carbocycles. The molecular weight excluding hydrogens is 444 g/mol. The number of hydrogen-bond acceptors (Lipinski definition) is 5. The Kier molecular flexibility index (Phi) is 8.21. The van der Waals surface area contributed by atoms with E-state index in [0.29, 0.717) is 0 Å². The van der Waals surface area contributed by atoms with Crippen LogP contribution in [0.2, 0.25) is 0 Å². The van der Waals surface area contributed by atoms with Gasteiger partial charge in [0, 0.05) is 41.2 Å². The molecule has 3 atom stereocenters. The molecule has 2 amide bonds. The van der Waals surface area contributed by atoms with Crippen molar-refractivity contribution >= 4 is 28.8 Å². The number of ether oxygens (including phenoxy) is 1. The molecule has 0 radical (unpaired) electrons. The summed E-state index contributed by atoms with van der Waals surface area (Å²) in [6.07, 6.45) is 0.356. The number of rotatable bonds is 10. The Labute approximate surface area is 195 Å². The summed E-state index contributed by atoms with van der Waals surface area (Å²) in [4.78, 5) is 36.0. The van der Waals surface area contributed by atoms with Crippen LogP contribution in [0.15, 0.2) is 48.5 Å². The van der Waals surface area contributed by atoms with E-state index >= 15 is 0 Å². The lowest BCUT2D eigenvalue weighted by atomic mass is 9.98. The highest BCUT2D eigenvalue weighted by atomic mass is 32.2. The van der Waals surface area contributed by atoms with Crippen LogP contribution in [0.25, 0.3) is 11.1 Å². The molecule has 1 aliphatic carbocycles. The van der Waals surface area contributed by atoms with Gasteiger partial charge in [0.15, 0.2) is 0 Å². The molecule has 33 heavy (non-hydrogen) atoms. The number of nitrogens with one attached hydrogen (secondary N) is 2. The van der Waals surface area contributed by atoms with Crippen LogP contribution in [0, 0.1) is 0 Å². The van der Waals surface area contributed by atoms with Gasteiger partial charge in [-0.2, -0.15) is 0 Å². The minimum absolute atomic E-state index is 0.0823. The lowest BCUT2D eigenvalue weighted by Gasteiger charge is -2.20. The second kappa shape index (κ2) is 11.1. The van der Waals surface area contributed by atoms with Crippen molar-refractivity contribution < 1.29 is 28.4 Å². The summed E-state index contributed by atoms with van der Waals surface area (Å²) in [5.74, 6) is -1.75. The zero-order valence-corrected chi connectivity index (χ0v) is 19.4. The van der Waals surface area contributed by atoms with Crippen molar-refractivity contribution in [3.63, 3.8) is 0 Å². The number of benzene rings is 2. The summed E-state index contributed by atoms with van der Waals surface area (Å²) in [5.41, 5.74) is 4.33. The summed E-state index contributed by atoms with van der Waals surface area (Å²) in [6, 6.07) is 14.8. The third-order valence-corrected chi connectivity index (χ3v) is 7.03. The van der Waals surface area contributed by atoms with Crippen LogP contribution in [0.1, 0.15) is 36.8 Å². The molecule has 0 saturated heterocycles. The van der Waals surface area contributed by atoms with Crippen LogP contribution in [0.5, 0.6) is 0 Å². The number of carbonyl (C=O) groups excluding carboxylic acids is 2. The first-order chi connectivity index (χ1) is 15.8.